The first-order chi connectivity index (χ1) is 22.4. The number of benzene rings is 3. The van der Waals surface area contributed by atoms with E-state index >= 15 is 0 Å². The van der Waals surface area contributed by atoms with E-state index in [1.54, 1.807) is 37.5 Å². The molecule has 3 aromatic carbocycles. The lowest BCUT2D eigenvalue weighted by Crippen LogP contribution is -2.28. The van der Waals surface area contributed by atoms with Crippen LogP contribution < -0.4 is 5.32 Å². The maximum absolute atomic E-state index is 14.9. The maximum Gasteiger partial charge on any atom is 0.419 e. The number of nitrogens with one attached hydrogen (secondary N) is 1. The van der Waals surface area contributed by atoms with Crippen molar-refractivity contribution in [3.05, 3.63) is 136 Å². The fourth-order valence-electron chi connectivity index (χ4n) is 6.04. The third-order valence-corrected chi connectivity index (χ3v) is 8.18. The number of amides is 1. The SMILES string of the molecule is CC1=C(C(=O)Cc2ccc3cnccc3c2)C(c2ccc(C(F)(F)F)c(F)c2)n2nc(NC(=O)c3ccc(CN(C)C)cc3)cc2C1. The lowest BCUT2D eigenvalue weighted by Gasteiger charge is -2.29. The van der Waals surface area contributed by atoms with Gasteiger partial charge in [0.2, 0.25) is 0 Å². The van der Waals surface area contributed by atoms with Crippen molar-refractivity contribution in [3.63, 3.8) is 0 Å². The smallest absolute Gasteiger partial charge is 0.305 e. The van der Waals surface area contributed by atoms with Gasteiger partial charge in [-0.25, -0.2) is 4.39 Å². The molecule has 11 heteroatoms. The van der Waals surface area contributed by atoms with Crippen molar-refractivity contribution >= 4 is 28.3 Å². The standard InChI is InChI=1S/C36H31F4N5O2/c1-21-14-28-18-32(42-35(47)24-7-4-22(5-8-24)20-44(2)3)43-45(28)34(26-10-11-29(30(37)17-26)36(38,39)40)33(21)31(46)16-23-6-9-27-19-41-13-12-25(27)15-23/h4-13,15,17-19,34H,14,16,20H2,1-3H3,(H,42,43,47). The van der Waals surface area contributed by atoms with Gasteiger partial charge in [-0.2, -0.15) is 18.3 Å². The molecular formula is C36H31F4N5O2. The summed E-state index contributed by atoms with van der Waals surface area (Å²) >= 11 is 0. The first-order valence-electron chi connectivity index (χ1n) is 14.9. The lowest BCUT2D eigenvalue weighted by atomic mass is 9.85. The van der Waals surface area contributed by atoms with E-state index in [1.807, 2.05) is 55.4 Å². The number of rotatable bonds is 8. The average Bonchev–Trinajstić information content (AvgIpc) is 3.41. The Balaban J connectivity index is 1.35. The van der Waals surface area contributed by atoms with Gasteiger partial charge in [-0.3, -0.25) is 19.3 Å². The van der Waals surface area contributed by atoms with Crippen LogP contribution in [0.1, 0.15) is 51.3 Å². The molecule has 1 aliphatic rings. The van der Waals surface area contributed by atoms with E-state index in [0.29, 0.717) is 41.4 Å². The van der Waals surface area contributed by atoms with Gasteiger partial charge in [-0.05, 0) is 73.4 Å². The molecule has 3 heterocycles. The molecule has 6 rings (SSSR count). The highest BCUT2D eigenvalue weighted by Crippen LogP contribution is 2.39. The fraction of sp³-hybridized carbons (Fsp3) is 0.222. The second kappa shape index (κ2) is 12.6. The van der Waals surface area contributed by atoms with Crippen LogP contribution in [0.25, 0.3) is 10.8 Å². The second-order valence-corrected chi connectivity index (χ2v) is 12.0. The van der Waals surface area contributed by atoms with E-state index in [9.17, 15) is 27.2 Å². The minimum atomic E-state index is -4.88. The van der Waals surface area contributed by atoms with Crippen molar-refractivity contribution in [1.29, 1.82) is 0 Å². The van der Waals surface area contributed by atoms with Crippen LogP contribution in [0.3, 0.4) is 0 Å². The first kappa shape index (κ1) is 31.8. The molecule has 0 fully saturated rings. The predicted molar refractivity (Wildman–Crippen MR) is 170 cm³/mol. The number of anilines is 1. The van der Waals surface area contributed by atoms with E-state index in [-0.39, 0.29) is 23.6 Å². The van der Waals surface area contributed by atoms with Crippen LogP contribution in [-0.2, 0) is 30.4 Å². The Labute approximate surface area is 268 Å². The van der Waals surface area contributed by atoms with Crippen molar-refractivity contribution in [2.24, 2.45) is 0 Å². The number of alkyl halides is 3. The highest BCUT2D eigenvalue weighted by atomic mass is 19.4. The highest BCUT2D eigenvalue weighted by molar-refractivity contribution is 6.04. The summed E-state index contributed by atoms with van der Waals surface area (Å²) in [5, 5.41) is 9.20. The predicted octanol–water partition coefficient (Wildman–Crippen LogP) is 7.18. The summed E-state index contributed by atoms with van der Waals surface area (Å²) in [6.45, 7) is 2.49. The Morgan fingerprint density at radius 1 is 0.957 bits per heavy atom. The molecule has 1 aliphatic heterocycles. The van der Waals surface area contributed by atoms with Gasteiger partial charge in [-0.15, -0.1) is 0 Å². The molecule has 0 spiro atoms. The average molecular weight is 642 g/mol. The summed E-state index contributed by atoms with van der Waals surface area (Å²) in [5.41, 5.74) is 2.51. The number of Topliss-reactive ketones (excluding diaryl/α,β-unsaturated/α-hetero) is 1. The van der Waals surface area contributed by atoms with E-state index in [0.717, 1.165) is 28.0 Å². The number of hydrogen-bond donors (Lipinski definition) is 1. The molecule has 1 unspecified atom stereocenters. The summed E-state index contributed by atoms with van der Waals surface area (Å²) < 4.78 is 56.8. The quantitative estimate of drug-likeness (QED) is 0.182. The van der Waals surface area contributed by atoms with Gasteiger partial charge in [0.15, 0.2) is 11.6 Å². The van der Waals surface area contributed by atoms with E-state index in [4.69, 9.17) is 0 Å². The number of carbonyl (C=O) groups excluding carboxylic acids is 2. The number of allylic oxidation sites excluding steroid dienone is 2. The van der Waals surface area contributed by atoms with Crippen LogP contribution in [0.15, 0.2) is 96.3 Å². The second-order valence-electron chi connectivity index (χ2n) is 12.0. The molecule has 0 aliphatic carbocycles. The molecule has 1 atom stereocenters. The number of pyridine rings is 1. The van der Waals surface area contributed by atoms with Crippen LogP contribution in [0.5, 0.6) is 0 Å². The highest BCUT2D eigenvalue weighted by Gasteiger charge is 2.37. The zero-order valence-corrected chi connectivity index (χ0v) is 25.9. The molecule has 0 bridgehead atoms. The summed E-state index contributed by atoms with van der Waals surface area (Å²) in [6.07, 6.45) is -1.20. The molecule has 47 heavy (non-hydrogen) atoms. The third kappa shape index (κ3) is 6.71. The Bertz CT molecular complexity index is 2030. The Morgan fingerprint density at radius 2 is 1.70 bits per heavy atom. The molecule has 240 valence electrons. The number of nitrogens with zero attached hydrogens (tertiary/aromatic N) is 4. The van der Waals surface area contributed by atoms with E-state index < -0.39 is 29.5 Å². The van der Waals surface area contributed by atoms with Crippen molar-refractivity contribution in [2.45, 2.75) is 38.5 Å². The van der Waals surface area contributed by atoms with Gasteiger partial charge in [0, 0.05) is 60.1 Å². The molecule has 2 aromatic heterocycles. The number of hydrogen-bond acceptors (Lipinski definition) is 5. The zero-order chi connectivity index (χ0) is 33.5. The van der Waals surface area contributed by atoms with E-state index in [1.165, 1.54) is 10.7 Å². The molecule has 1 N–H and O–H groups in total. The number of aromatic nitrogens is 3. The van der Waals surface area contributed by atoms with Crippen LogP contribution in [0, 0.1) is 5.82 Å². The summed E-state index contributed by atoms with van der Waals surface area (Å²) in [4.78, 5) is 33.3. The molecule has 0 saturated carbocycles. The first-order valence-corrected chi connectivity index (χ1v) is 14.9. The van der Waals surface area contributed by atoms with Gasteiger partial charge in [-0.1, -0.05) is 42.0 Å². The van der Waals surface area contributed by atoms with Gasteiger partial charge in [0.25, 0.3) is 5.91 Å². The van der Waals surface area contributed by atoms with E-state index in [2.05, 4.69) is 15.4 Å². The largest absolute Gasteiger partial charge is 0.419 e. The number of ketones is 1. The summed E-state index contributed by atoms with van der Waals surface area (Å²) in [7, 11) is 3.90. The topological polar surface area (TPSA) is 80.1 Å². The molecule has 0 radical (unpaired) electrons. The van der Waals surface area contributed by atoms with Crippen LogP contribution >= 0.6 is 0 Å². The minimum Gasteiger partial charge on any atom is -0.305 e. The number of fused-ring (bicyclic) bond motifs is 2. The van der Waals surface area contributed by atoms with Gasteiger partial charge < -0.3 is 10.2 Å². The Hall–Kier alpha value is -5.16. The lowest BCUT2D eigenvalue weighted by molar-refractivity contribution is -0.140. The van der Waals surface area contributed by atoms with Crippen LogP contribution in [-0.4, -0.2) is 45.5 Å². The van der Waals surface area contributed by atoms with Crippen molar-refractivity contribution in [2.75, 3.05) is 19.4 Å². The monoisotopic (exact) mass is 641 g/mol. The number of carbonyl (C=O) groups is 2. The molecular weight excluding hydrogens is 610 g/mol. The fourth-order valence-corrected chi connectivity index (χ4v) is 6.04. The molecule has 7 nitrogen and oxygen atoms in total. The third-order valence-electron chi connectivity index (χ3n) is 8.18. The molecule has 5 aromatic rings. The van der Waals surface area contributed by atoms with Gasteiger partial charge in [0.1, 0.15) is 11.9 Å². The van der Waals surface area contributed by atoms with Crippen LogP contribution in [0.2, 0.25) is 0 Å². The molecule has 0 saturated heterocycles. The van der Waals surface area contributed by atoms with Crippen molar-refractivity contribution < 1.29 is 27.2 Å². The Morgan fingerprint density at radius 3 is 2.40 bits per heavy atom. The van der Waals surface area contributed by atoms with Gasteiger partial charge in [0.05, 0.1) is 5.56 Å². The van der Waals surface area contributed by atoms with Crippen LogP contribution in [0.4, 0.5) is 23.4 Å². The Kier molecular flexibility index (Phi) is 8.50. The summed E-state index contributed by atoms with van der Waals surface area (Å²) in [6, 6.07) is 17.9. The normalized spacial score (nSPS) is 14.9. The maximum atomic E-state index is 14.9. The zero-order valence-electron chi connectivity index (χ0n) is 25.9. The van der Waals surface area contributed by atoms with Crippen molar-refractivity contribution in [1.82, 2.24) is 19.7 Å². The minimum absolute atomic E-state index is 0.00850. The van der Waals surface area contributed by atoms with Gasteiger partial charge >= 0.3 is 6.18 Å². The summed E-state index contributed by atoms with van der Waals surface area (Å²) in [5.74, 6) is -1.93. The molecule has 1 amide bonds. The van der Waals surface area contributed by atoms with Crippen molar-refractivity contribution in [3.8, 4) is 0 Å². The number of halogens is 4.